The second kappa shape index (κ2) is 9.45. The van der Waals surface area contributed by atoms with Crippen molar-refractivity contribution in [3.8, 4) is 17.1 Å². The Bertz CT molecular complexity index is 891. The number of aromatic nitrogens is 3. The number of rotatable bonds is 9. The van der Waals surface area contributed by atoms with Crippen LogP contribution in [0.15, 0.2) is 52.2 Å². The van der Waals surface area contributed by atoms with Gasteiger partial charge in [-0.15, -0.1) is 10.2 Å². The average molecular weight is 401 g/mol. The maximum atomic E-state index is 12.1. The standard InChI is InChI=1S/C20H24N4O3S/c1-4-14(2)21-18(25)13-28-20-23-22-19(15-7-9-16(26-3)10-8-15)24(20)12-17-6-5-11-27-17/h5-11,14H,4,12-13H2,1-3H3,(H,21,25). The molecule has 0 spiro atoms. The van der Waals surface area contributed by atoms with Gasteiger partial charge in [0, 0.05) is 11.6 Å². The lowest BCUT2D eigenvalue weighted by molar-refractivity contribution is -0.119. The number of furan rings is 1. The van der Waals surface area contributed by atoms with Crippen molar-refractivity contribution in [1.29, 1.82) is 0 Å². The van der Waals surface area contributed by atoms with Crippen molar-refractivity contribution in [2.75, 3.05) is 12.9 Å². The van der Waals surface area contributed by atoms with Crippen molar-refractivity contribution in [2.24, 2.45) is 0 Å². The third-order valence-corrected chi connectivity index (χ3v) is 5.28. The summed E-state index contributed by atoms with van der Waals surface area (Å²) in [6.07, 6.45) is 2.53. The Labute approximate surface area is 168 Å². The number of methoxy groups -OCH3 is 1. The third kappa shape index (κ3) is 4.95. The topological polar surface area (TPSA) is 82.2 Å². The molecule has 28 heavy (non-hydrogen) atoms. The Morgan fingerprint density at radius 2 is 2.07 bits per heavy atom. The molecular weight excluding hydrogens is 376 g/mol. The summed E-state index contributed by atoms with van der Waals surface area (Å²) in [4.78, 5) is 12.1. The van der Waals surface area contributed by atoms with Gasteiger partial charge in [-0.1, -0.05) is 18.7 Å². The maximum absolute atomic E-state index is 12.1. The minimum atomic E-state index is -0.0158. The van der Waals surface area contributed by atoms with Gasteiger partial charge in [0.25, 0.3) is 0 Å². The number of nitrogens with one attached hydrogen (secondary N) is 1. The van der Waals surface area contributed by atoms with Crippen LogP contribution in [0.3, 0.4) is 0 Å². The molecule has 0 saturated carbocycles. The van der Waals surface area contributed by atoms with E-state index in [9.17, 15) is 4.79 Å². The van der Waals surface area contributed by atoms with Crippen LogP contribution in [0.4, 0.5) is 0 Å². The van der Waals surface area contributed by atoms with Crippen LogP contribution in [-0.4, -0.2) is 39.6 Å². The van der Waals surface area contributed by atoms with Crippen molar-refractivity contribution >= 4 is 17.7 Å². The molecule has 2 aromatic heterocycles. The quantitative estimate of drug-likeness (QED) is 0.553. The van der Waals surface area contributed by atoms with E-state index in [1.165, 1.54) is 11.8 Å². The molecule has 7 nitrogen and oxygen atoms in total. The van der Waals surface area contributed by atoms with Gasteiger partial charge in [-0.2, -0.15) is 0 Å². The highest BCUT2D eigenvalue weighted by atomic mass is 32.2. The molecular formula is C20H24N4O3S. The lowest BCUT2D eigenvalue weighted by Crippen LogP contribution is -2.33. The average Bonchev–Trinajstić information content (AvgIpc) is 3.37. The second-order valence-corrected chi connectivity index (χ2v) is 7.31. The van der Waals surface area contributed by atoms with E-state index in [-0.39, 0.29) is 17.7 Å². The SMILES string of the molecule is CCC(C)NC(=O)CSc1nnc(-c2ccc(OC)cc2)n1Cc1ccco1. The van der Waals surface area contributed by atoms with E-state index in [0.29, 0.717) is 17.5 Å². The molecule has 0 saturated heterocycles. The van der Waals surface area contributed by atoms with Crippen molar-refractivity contribution in [1.82, 2.24) is 20.1 Å². The van der Waals surface area contributed by atoms with Crippen molar-refractivity contribution in [3.05, 3.63) is 48.4 Å². The molecule has 1 N–H and O–H groups in total. The number of nitrogens with zero attached hydrogens (tertiary/aromatic N) is 3. The lowest BCUT2D eigenvalue weighted by Gasteiger charge is -2.12. The molecule has 0 bridgehead atoms. The highest BCUT2D eigenvalue weighted by Gasteiger charge is 2.17. The zero-order valence-electron chi connectivity index (χ0n) is 16.2. The van der Waals surface area contributed by atoms with Crippen LogP contribution < -0.4 is 10.1 Å². The zero-order chi connectivity index (χ0) is 19.9. The summed E-state index contributed by atoms with van der Waals surface area (Å²) in [5.74, 6) is 2.54. The number of hydrogen-bond acceptors (Lipinski definition) is 6. The Balaban J connectivity index is 1.83. The largest absolute Gasteiger partial charge is 0.497 e. The van der Waals surface area contributed by atoms with Crippen LogP contribution in [0.5, 0.6) is 5.75 Å². The summed E-state index contributed by atoms with van der Waals surface area (Å²) in [5.41, 5.74) is 0.913. The first kappa shape index (κ1) is 20.0. The van der Waals surface area contributed by atoms with Crippen LogP contribution >= 0.6 is 11.8 Å². The molecule has 2 heterocycles. The number of carbonyl (C=O) groups is 1. The van der Waals surface area contributed by atoms with Crippen molar-refractivity contribution < 1.29 is 13.9 Å². The predicted octanol–water partition coefficient (Wildman–Crippen LogP) is 3.60. The Morgan fingerprint density at radius 1 is 1.29 bits per heavy atom. The molecule has 0 radical (unpaired) electrons. The highest BCUT2D eigenvalue weighted by molar-refractivity contribution is 7.99. The van der Waals surface area contributed by atoms with Crippen LogP contribution in [0.25, 0.3) is 11.4 Å². The Morgan fingerprint density at radius 3 is 2.71 bits per heavy atom. The maximum Gasteiger partial charge on any atom is 0.230 e. The van der Waals surface area contributed by atoms with Crippen molar-refractivity contribution in [2.45, 2.75) is 38.0 Å². The molecule has 1 amide bonds. The molecule has 148 valence electrons. The van der Waals surface area contributed by atoms with Gasteiger partial charge in [-0.3, -0.25) is 9.36 Å². The molecule has 1 aromatic carbocycles. The highest BCUT2D eigenvalue weighted by Crippen LogP contribution is 2.26. The summed E-state index contributed by atoms with van der Waals surface area (Å²) in [6.45, 7) is 4.51. The zero-order valence-corrected chi connectivity index (χ0v) is 17.0. The minimum Gasteiger partial charge on any atom is -0.497 e. The van der Waals surface area contributed by atoms with Gasteiger partial charge in [0.1, 0.15) is 11.5 Å². The Hall–Kier alpha value is -2.74. The van der Waals surface area contributed by atoms with Crippen molar-refractivity contribution in [3.63, 3.8) is 0 Å². The van der Waals surface area contributed by atoms with Gasteiger partial charge in [0.2, 0.25) is 5.91 Å². The van der Waals surface area contributed by atoms with Gasteiger partial charge in [-0.25, -0.2) is 0 Å². The summed E-state index contributed by atoms with van der Waals surface area (Å²) < 4.78 is 12.7. The molecule has 1 atom stereocenters. The number of ether oxygens (including phenoxy) is 1. The minimum absolute atomic E-state index is 0.0158. The molecule has 1 unspecified atom stereocenters. The van der Waals surface area contributed by atoms with Gasteiger partial charge in [0.15, 0.2) is 11.0 Å². The predicted molar refractivity (Wildman–Crippen MR) is 108 cm³/mol. The molecule has 8 heteroatoms. The lowest BCUT2D eigenvalue weighted by atomic mass is 10.2. The molecule has 0 aliphatic heterocycles. The van der Waals surface area contributed by atoms with Crippen LogP contribution in [0, 0.1) is 0 Å². The molecule has 3 aromatic rings. The number of thioether (sulfide) groups is 1. The molecule has 0 aliphatic carbocycles. The number of amides is 1. The van der Waals surface area contributed by atoms with Crippen LogP contribution in [0.1, 0.15) is 26.0 Å². The van der Waals surface area contributed by atoms with Gasteiger partial charge < -0.3 is 14.5 Å². The third-order valence-electron chi connectivity index (χ3n) is 4.31. The van der Waals surface area contributed by atoms with E-state index in [1.54, 1.807) is 13.4 Å². The van der Waals surface area contributed by atoms with E-state index in [0.717, 1.165) is 23.5 Å². The monoisotopic (exact) mass is 400 g/mol. The Kier molecular flexibility index (Phi) is 6.76. The fourth-order valence-electron chi connectivity index (χ4n) is 2.60. The fraction of sp³-hybridized carbons (Fsp3) is 0.350. The normalized spacial score (nSPS) is 12.0. The van der Waals surface area contributed by atoms with Crippen LogP contribution in [-0.2, 0) is 11.3 Å². The first-order valence-electron chi connectivity index (χ1n) is 9.12. The first-order valence-corrected chi connectivity index (χ1v) is 10.1. The van der Waals surface area contributed by atoms with Gasteiger partial charge in [-0.05, 0) is 49.7 Å². The summed E-state index contributed by atoms with van der Waals surface area (Å²) in [5, 5.41) is 12.3. The van der Waals surface area contributed by atoms with E-state index < -0.39 is 0 Å². The van der Waals surface area contributed by atoms with E-state index in [1.807, 2.05) is 54.8 Å². The summed E-state index contributed by atoms with van der Waals surface area (Å²) in [6, 6.07) is 11.5. The van der Waals surface area contributed by atoms with E-state index >= 15 is 0 Å². The van der Waals surface area contributed by atoms with E-state index in [2.05, 4.69) is 15.5 Å². The van der Waals surface area contributed by atoms with Gasteiger partial charge in [0.05, 0.1) is 25.7 Å². The second-order valence-electron chi connectivity index (χ2n) is 6.37. The van der Waals surface area contributed by atoms with Gasteiger partial charge >= 0.3 is 0 Å². The number of carbonyl (C=O) groups excluding carboxylic acids is 1. The smallest absolute Gasteiger partial charge is 0.230 e. The van der Waals surface area contributed by atoms with E-state index in [4.69, 9.17) is 9.15 Å². The molecule has 3 rings (SSSR count). The summed E-state index contributed by atoms with van der Waals surface area (Å²) in [7, 11) is 1.63. The summed E-state index contributed by atoms with van der Waals surface area (Å²) >= 11 is 1.36. The van der Waals surface area contributed by atoms with Crippen LogP contribution in [0.2, 0.25) is 0 Å². The molecule has 0 fully saturated rings. The molecule has 0 aliphatic rings. The fourth-order valence-corrected chi connectivity index (χ4v) is 3.35. The first-order chi connectivity index (χ1) is 13.6. The number of hydrogen-bond donors (Lipinski definition) is 1. The number of benzene rings is 1.